The zero-order valence-corrected chi connectivity index (χ0v) is 9.75. The van der Waals surface area contributed by atoms with Crippen LogP contribution in [0.1, 0.15) is 47.0 Å². The fraction of sp³-hybridized carbons (Fsp3) is 0.833. The summed E-state index contributed by atoms with van der Waals surface area (Å²) in [5, 5.41) is 0. The first-order chi connectivity index (χ1) is 6.47. The first kappa shape index (κ1) is 13.3. The van der Waals surface area contributed by atoms with Gasteiger partial charge in [-0.3, -0.25) is 4.79 Å². The van der Waals surface area contributed by atoms with Gasteiger partial charge >= 0.3 is 0 Å². The molecule has 82 valence electrons. The maximum absolute atomic E-state index is 11.6. The summed E-state index contributed by atoms with van der Waals surface area (Å²) in [6.07, 6.45) is 2.94. The average Bonchev–Trinajstić information content (AvgIpc) is 2.09. The van der Waals surface area contributed by atoms with Gasteiger partial charge in [-0.1, -0.05) is 27.7 Å². The van der Waals surface area contributed by atoms with Gasteiger partial charge in [-0.15, -0.1) is 0 Å². The Morgan fingerprint density at radius 2 is 1.71 bits per heavy atom. The Bertz CT molecular complexity index is 183. The third-order valence-corrected chi connectivity index (χ3v) is 2.27. The molecule has 1 atom stereocenters. The Morgan fingerprint density at radius 3 is 2.07 bits per heavy atom. The third kappa shape index (κ3) is 5.90. The molecule has 1 unspecified atom stereocenters. The summed E-state index contributed by atoms with van der Waals surface area (Å²) < 4.78 is 0. The van der Waals surface area contributed by atoms with Crippen molar-refractivity contribution in [1.82, 2.24) is 0 Å². The molecule has 14 heavy (non-hydrogen) atoms. The lowest BCUT2D eigenvalue weighted by Crippen LogP contribution is -2.18. The van der Waals surface area contributed by atoms with Crippen LogP contribution in [0.2, 0.25) is 0 Å². The minimum Gasteiger partial charge on any atom is -0.303 e. The van der Waals surface area contributed by atoms with Crippen LogP contribution in [-0.4, -0.2) is 12.1 Å². The van der Waals surface area contributed by atoms with Crippen LogP contribution in [0, 0.1) is 17.8 Å². The van der Waals surface area contributed by atoms with E-state index >= 15 is 0 Å². The van der Waals surface area contributed by atoms with Crippen molar-refractivity contribution in [1.29, 1.82) is 0 Å². The molecule has 0 aliphatic carbocycles. The highest BCUT2D eigenvalue weighted by Gasteiger charge is 2.18. The zero-order chi connectivity index (χ0) is 11.1. The predicted octanol–water partition coefficient (Wildman–Crippen LogP) is 2.85. The molecule has 0 aromatic heterocycles. The van der Waals surface area contributed by atoms with E-state index in [0.29, 0.717) is 24.7 Å². The monoisotopic (exact) mass is 198 g/mol. The molecule has 0 aliphatic rings. The van der Waals surface area contributed by atoms with Crippen LogP contribution in [0.3, 0.4) is 0 Å². The lowest BCUT2D eigenvalue weighted by atomic mass is 9.91. The molecule has 0 aromatic rings. The van der Waals surface area contributed by atoms with Gasteiger partial charge < -0.3 is 4.79 Å². The quantitative estimate of drug-likeness (QED) is 0.465. The van der Waals surface area contributed by atoms with Gasteiger partial charge in [0.1, 0.15) is 12.1 Å². The molecule has 0 rings (SSSR count). The van der Waals surface area contributed by atoms with E-state index in [1.807, 2.05) is 13.8 Å². The van der Waals surface area contributed by atoms with Gasteiger partial charge in [-0.25, -0.2) is 0 Å². The van der Waals surface area contributed by atoms with E-state index in [9.17, 15) is 9.59 Å². The SMILES string of the molecule is CC(C)CCC(=O)C(C=O)CC(C)C. The first-order valence-electron chi connectivity index (χ1n) is 5.45. The molecule has 0 radical (unpaired) electrons. The Balaban J connectivity index is 3.98. The van der Waals surface area contributed by atoms with Gasteiger partial charge in [0.15, 0.2) is 0 Å². The Morgan fingerprint density at radius 1 is 1.14 bits per heavy atom. The maximum Gasteiger partial charge on any atom is 0.143 e. The highest BCUT2D eigenvalue weighted by molar-refractivity contribution is 5.93. The van der Waals surface area contributed by atoms with Gasteiger partial charge in [-0.05, 0) is 24.7 Å². The number of hydrogen-bond acceptors (Lipinski definition) is 2. The van der Waals surface area contributed by atoms with Gasteiger partial charge in [0.25, 0.3) is 0 Å². The Kier molecular flexibility index (Phi) is 6.43. The van der Waals surface area contributed by atoms with Crippen molar-refractivity contribution in [2.45, 2.75) is 47.0 Å². The van der Waals surface area contributed by atoms with Crippen LogP contribution >= 0.6 is 0 Å². The molecule has 0 heterocycles. The van der Waals surface area contributed by atoms with Crippen LogP contribution in [0.4, 0.5) is 0 Å². The third-order valence-electron chi connectivity index (χ3n) is 2.27. The largest absolute Gasteiger partial charge is 0.303 e. The summed E-state index contributed by atoms with van der Waals surface area (Å²) in [6, 6.07) is 0. The molecular weight excluding hydrogens is 176 g/mol. The lowest BCUT2D eigenvalue weighted by molar-refractivity contribution is -0.128. The average molecular weight is 198 g/mol. The fourth-order valence-corrected chi connectivity index (χ4v) is 1.39. The van der Waals surface area contributed by atoms with Crippen LogP contribution in [-0.2, 0) is 9.59 Å². The van der Waals surface area contributed by atoms with Crippen molar-refractivity contribution in [2.24, 2.45) is 17.8 Å². The normalized spacial score (nSPS) is 13.3. The van der Waals surface area contributed by atoms with E-state index < -0.39 is 0 Å². The van der Waals surface area contributed by atoms with Gasteiger partial charge in [-0.2, -0.15) is 0 Å². The molecular formula is C12H22O2. The van der Waals surface area contributed by atoms with Gasteiger partial charge in [0.2, 0.25) is 0 Å². The molecule has 0 saturated heterocycles. The highest BCUT2D eigenvalue weighted by Crippen LogP contribution is 2.15. The van der Waals surface area contributed by atoms with Crippen molar-refractivity contribution in [3.05, 3.63) is 0 Å². The van der Waals surface area contributed by atoms with E-state index in [1.165, 1.54) is 0 Å². The number of carbonyl (C=O) groups excluding carboxylic acids is 2. The number of aldehydes is 1. The first-order valence-corrected chi connectivity index (χ1v) is 5.45. The molecule has 0 bridgehead atoms. The van der Waals surface area contributed by atoms with Crippen LogP contribution in [0.15, 0.2) is 0 Å². The highest BCUT2D eigenvalue weighted by atomic mass is 16.1. The Labute approximate surface area is 87.1 Å². The number of hydrogen-bond donors (Lipinski definition) is 0. The molecule has 0 aromatic carbocycles. The summed E-state index contributed by atoms with van der Waals surface area (Å²) in [5.41, 5.74) is 0. The maximum atomic E-state index is 11.6. The smallest absolute Gasteiger partial charge is 0.143 e. The lowest BCUT2D eigenvalue weighted by Gasteiger charge is -2.12. The predicted molar refractivity (Wildman–Crippen MR) is 58.1 cm³/mol. The van der Waals surface area contributed by atoms with E-state index in [0.717, 1.165) is 12.7 Å². The molecule has 0 N–H and O–H groups in total. The van der Waals surface area contributed by atoms with Crippen molar-refractivity contribution >= 4 is 12.1 Å². The molecule has 0 amide bonds. The summed E-state index contributed by atoms with van der Waals surface area (Å²) in [7, 11) is 0. The van der Waals surface area contributed by atoms with Crippen molar-refractivity contribution in [3.8, 4) is 0 Å². The van der Waals surface area contributed by atoms with Crippen LogP contribution in [0.25, 0.3) is 0 Å². The number of Topliss-reactive ketones (excluding diaryl/α,β-unsaturated/α-hetero) is 1. The second-order valence-electron chi connectivity index (χ2n) is 4.77. The zero-order valence-electron chi connectivity index (χ0n) is 9.75. The summed E-state index contributed by atoms with van der Waals surface area (Å²) >= 11 is 0. The van der Waals surface area contributed by atoms with Gasteiger partial charge in [0.05, 0.1) is 5.92 Å². The van der Waals surface area contributed by atoms with Crippen molar-refractivity contribution < 1.29 is 9.59 Å². The van der Waals surface area contributed by atoms with Crippen molar-refractivity contribution in [2.75, 3.05) is 0 Å². The van der Waals surface area contributed by atoms with Crippen LogP contribution in [0.5, 0.6) is 0 Å². The minimum atomic E-state index is -0.367. The molecule has 0 fully saturated rings. The summed E-state index contributed by atoms with van der Waals surface area (Å²) in [6.45, 7) is 8.25. The second kappa shape index (κ2) is 6.74. The summed E-state index contributed by atoms with van der Waals surface area (Å²) in [4.78, 5) is 22.3. The van der Waals surface area contributed by atoms with Crippen molar-refractivity contribution in [3.63, 3.8) is 0 Å². The van der Waals surface area contributed by atoms with Crippen LogP contribution < -0.4 is 0 Å². The number of rotatable bonds is 7. The number of carbonyl (C=O) groups is 2. The van der Waals surface area contributed by atoms with E-state index in [1.54, 1.807) is 0 Å². The molecule has 0 saturated carbocycles. The Hall–Kier alpha value is -0.660. The molecule has 0 aliphatic heterocycles. The summed E-state index contributed by atoms with van der Waals surface area (Å²) in [5.74, 6) is 0.689. The fourth-order valence-electron chi connectivity index (χ4n) is 1.39. The standard InChI is InChI=1S/C12H22O2/c1-9(2)5-6-12(14)11(8-13)7-10(3)4/h8-11H,5-7H2,1-4H3. The van der Waals surface area contributed by atoms with E-state index in [2.05, 4.69) is 13.8 Å². The molecule has 0 spiro atoms. The molecule has 2 nitrogen and oxygen atoms in total. The minimum absolute atomic E-state index is 0.113. The van der Waals surface area contributed by atoms with Gasteiger partial charge in [0, 0.05) is 6.42 Å². The topological polar surface area (TPSA) is 34.1 Å². The van der Waals surface area contributed by atoms with E-state index in [-0.39, 0.29) is 11.7 Å². The number of ketones is 1. The second-order valence-corrected chi connectivity index (χ2v) is 4.77. The van der Waals surface area contributed by atoms with E-state index in [4.69, 9.17) is 0 Å². The molecule has 2 heteroatoms.